The molecule has 0 spiro atoms. The first-order chi connectivity index (χ1) is 13.0. The number of carbonyl (C=O) groups excluding carboxylic acids is 1. The Morgan fingerprint density at radius 1 is 1.32 bits per heavy atom. The number of rotatable bonds is 8. The zero-order valence-corrected chi connectivity index (χ0v) is 18.0. The van der Waals surface area contributed by atoms with Crippen molar-refractivity contribution in [3.8, 4) is 0 Å². The fraction of sp³-hybridized carbons (Fsp3) is 0.545. The zero-order valence-electron chi connectivity index (χ0n) is 17.3. The number of hydrogen-bond acceptors (Lipinski definition) is 3. The largest absolute Gasteiger partial charge is 0.481 e. The summed E-state index contributed by atoms with van der Waals surface area (Å²) in [4.78, 5) is 25.2. The van der Waals surface area contributed by atoms with Gasteiger partial charge in [0, 0.05) is 29.6 Å². The maximum Gasteiger partial charge on any atom is 0.305 e. The molecule has 28 heavy (non-hydrogen) atoms. The van der Waals surface area contributed by atoms with Crippen molar-refractivity contribution in [2.75, 3.05) is 6.54 Å². The first-order valence-corrected chi connectivity index (χ1v) is 10.1. The van der Waals surface area contributed by atoms with Crippen LogP contribution in [-0.2, 0) is 26.3 Å². The Morgan fingerprint density at radius 3 is 2.54 bits per heavy atom. The van der Waals surface area contributed by atoms with Crippen LogP contribution in [0, 0.1) is 5.92 Å². The van der Waals surface area contributed by atoms with E-state index in [1.54, 1.807) is 0 Å². The second-order valence-corrected chi connectivity index (χ2v) is 8.55. The van der Waals surface area contributed by atoms with Crippen molar-refractivity contribution >= 4 is 23.5 Å². The van der Waals surface area contributed by atoms with Crippen molar-refractivity contribution in [3.63, 3.8) is 0 Å². The maximum atomic E-state index is 12.7. The predicted octanol–water partition coefficient (Wildman–Crippen LogP) is 4.77. The molecule has 0 aliphatic carbocycles. The second-order valence-electron chi connectivity index (χ2n) is 8.14. The average molecular weight is 408 g/mol. The molecule has 154 valence electrons. The quantitative estimate of drug-likeness (QED) is 0.674. The molecule has 0 unspecified atom stereocenters. The molecule has 1 aliphatic heterocycles. The normalized spacial score (nSPS) is 20.1. The van der Waals surface area contributed by atoms with E-state index in [1.165, 1.54) is 4.90 Å². The molecule has 1 N–H and O–H groups in total. The highest BCUT2D eigenvalue weighted by molar-refractivity contribution is 6.31. The highest BCUT2D eigenvalue weighted by Gasteiger charge is 2.40. The van der Waals surface area contributed by atoms with Gasteiger partial charge in [-0.15, -0.1) is 0 Å². The van der Waals surface area contributed by atoms with Crippen molar-refractivity contribution < 1.29 is 19.4 Å². The molecule has 1 aliphatic rings. The van der Waals surface area contributed by atoms with Gasteiger partial charge in [0.05, 0.1) is 19.1 Å². The first kappa shape index (κ1) is 22.4. The third kappa shape index (κ3) is 5.15. The number of benzene rings is 1. The Labute approximate surface area is 172 Å². The summed E-state index contributed by atoms with van der Waals surface area (Å²) in [6.45, 7) is 10.8. The van der Waals surface area contributed by atoms with Gasteiger partial charge in [-0.3, -0.25) is 9.59 Å². The van der Waals surface area contributed by atoms with Crippen LogP contribution in [0.5, 0.6) is 0 Å². The van der Waals surface area contributed by atoms with Crippen LogP contribution in [0.1, 0.15) is 58.6 Å². The Morgan fingerprint density at radius 2 is 2.00 bits per heavy atom. The molecular weight excluding hydrogens is 378 g/mol. The van der Waals surface area contributed by atoms with E-state index < -0.39 is 11.4 Å². The van der Waals surface area contributed by atoms with Gasteiger partial charge in [0.1, 0.15) is 0 Å². The van der Waals surface area contributed by atoms with Gasteiger partial charge in [0.15, 0.2) is 0 Å². The van der Waals surface area contributed by atoms with Gasteiger partial charge in [-0.05, 0) is 42.5 Å². The smallest absolute Gasteiger partial charge is 0.305 e. The molecular formula is C22H30ClNO4. The number of carbonyl (C=O) groups is 2. The lowest BCUT2D eigenvalue weighted by Crippen LogP contribution is -2.42. The Bertz CT molecular complexity index is 772. The minimum Gasteiger partial charge on any atom is -0.481 e. The molecule has 1 heterocycles. The lowest BCUT2D eigenvalue weighted by atomic mass is 9.68. The fourth-order valence-electron chi connectivity index (χ4n) is 3.61. The summed E-state index contributed by atoms with van der Waals surface area (Å²) in [7, 11) is 0. The molecule has 1 amide bonds. The van der Waals surface area contributed by atoms with Gasteiger partial charge in [0.25, 0.3) is 0 Å². The van der Waals surface area contributed by atoms with Crippen LogP contribution in [-0.4, -0.2) is 34.5 Å². The Balaban J connectivity index is 2.36. The molecule has 1 atom stereocenters. The van der Waals surface area contributed by atoms with Crippen LogP contribution in [0.2, 0.25) is 5.02 Å². The van der Waals surface area contributed by atoms with Gasteiger partial charge in [0.2, 0.25) is 5.91 Å². The number of carboxylic acid groups (broad SMARTS) is 1. The fourth-order valence-corrected chi connectivity index (χ4v) is 3.85. The van der Waals surface area contributed by atoms with Crippen molar-refractivity contribution in [2.45, 2.75) is 65.6 Å². The van der Waals surface area contributed by atoms with E-state index in [2.05, 4.69) is 20.8 Å². The predicted molar refractivity (Wildman–Crippen MR) is 110 cm³/mol. The standard InChI is InChI=1S/C22H30ClNO4/c1-14(2)18-12-24(9-8-21(26)27)20(25)11-22(18,5)17-7-6-16(19(23)10-17)13-28-15(3)4/h6-7,10,12,14-15H,8-9,11,13H2,1-5H3,(H,26,27)/t22-/m1/s1. The summed E-state index contributed by atoms with van der Waals surface area (Å²) in [5.74, 6) is -0.781. The molecule has 1 aromatic rings. The average Bonchev–Trinajstić information content (AvgIpc) is 2.59. The van der Waals surface area contributed by atoms with E-state index in [4.69, 9.17) is 21.4 Å². The Kier molecular flexibility index (Phi) is 7.29. The van der Waals surface area contributed by atoms with E-state index in [-0.39, 0.29) is 37.3 Å². The van der Waals surface area contributed by atoms with E-state index >= 15 is 0 Å². The van der Waals surface area contributed by atoms with E-state index in [0.29, 0.717) is 11.6 Å². The molecule has 2 rings (SSSR count). The molecule has 1 aromatic carbocycles. The van der Waals surface area contributed by atoms with Crippen LogP contribution in [0.3, 0.4) is 0 Å². The summed E-state index contributed by atoms with van der Waals surface area (Å²) in [5, 5.41) is 9.57. The first-order valence-electron chi connectivity index (χ1n) is 9.68. The highest BCUT2D eigenvalue weighted by atomic mass is 35.5. The van der Waals surface area contributed by atoms with Crippen LogP contribution >= 0.6 is 11.6 Å². The number of halogens is 1. The van der Waals surface area contributed by atoms with Crippen molar-refractivity contribution in [3.05, 3.63) is 46.1 Å². The van der Waals surface area contributed by atoms with E-state index in [1.807, 2.05) is 38.2 Å². The lowest BCUT2D eigenvalue weighted by molar-refractivity contribution is -0.138. The minimum absolute atomic E-state index is 0.0687. The van der Waals surface area contributed by atoms with Crippen LogP contribution in [0.4, 0.5) is 0 Å². The number of ether oxygens (including phenoxy) is 1. The summed E-state index contributed by atoms with van der Waals surface area (Å²) in [6.07, 6.45) is 2.18. The van der Waals surface area contributed by atoms with Crippen molar-refractivity contribution in [2.24, 2.45) is 5.92 Å². The second kappa shape index (κ2) is 9.10. The lowest BCUT2D eigenvalue weighted by Gasteiger charge is -2.41. The zero-order chi connectivity index (χ0) is 21.1. The molecule has 0 fully saturated rings. The third-order valence-corrected chi connectivity index (χ3v) is 5.56. The van der Waals surface area contributed by atoms with Gasteiger partial charge in [-0.1, -0.05) is 44.5 Å². The molecule has 0 radical (unpaired) electrons. The molecule has 0 bridgehead atoms. The molecule has 0 saturated carbocycles. The van der Waals surface area contributed by atoms with Crippen LogP contribution in [0.25, 0.3) is 0 Å². The SMILES string of the molecule is CC(C)OCc1ccc([C@@]2(C)CC(=O)N(CCC(=O)O)C=C2C(C)C)cc1Cl. The Hall–Kier alpha value is -1.85. The van der Waals surface area contributed by atoms with Crippen LogP contribution < -0.4 is 0 Å². The molecule has 0 aromatic heterocycles. The number of aliphatic carboxylic acids is 1. The topological polar surface area (TPSA) is 66.8 Å². The number of amides is 1. The summed E-state index contributed by atoms with van der Waals surface area (Å²) >= 11 is 6.51. The molecule has 5 nitrogen and oxygen atoms in total. The number of carboxylic acids is 1. The van der Waals surface area contributed by atoms with Crippen molar-refractivity contribution in [1.82, 2.24) is 4.90 Å². The van der Waals surface area contributed by atoms with Gasteiger partial charge in [-0.25, -0.2) is 0 Å². The number of hydrogen-bond donors (Lipinski definition) is 1. The van der Waals surface area contributed by atoms with E-state index in [9.17, 15) is 9.59 Å². The third-order valence-electron chi connectivity index (χ3n) is 5.21. The molecule has 0 saturated heterocycles. The minimum atomic E-state index is -0.911. The van der Waals surface area contributed by atoms with Crippen molar-refractivity contribution in [1.29, 1.82) is 0 Å². The summed E-state index contributed by atoms with van der Waals surface area (Å²) < 4.78 is 5.65. The number of nitrogens with zero attached hydrogens (tertiary/aromatic N) is 1. The summed E-state index contributed by atoms with van der Waals surface area (Å²) in [6, 6.07) is 5.91. The monoisotopic (exact) mass is 407 g/mol. The van der Waals surface area contributed by atoms with Gasteiger partial charge < -0.3 is 14.7 Å². The highest BCUT2D eigenvalue weighted by Crippen LogP contribution is 2.43. The van der Waals surface area contributed by atoms with E-state index in [0.717, 1.165) is 16.7 Å². The van der Waals surface area contributed by atoms with Crippen LogP contribution in [0.15, 0.2) is 30.0 Å². The maximum absolute atomic E-state index is 12.7. The van der Waals surface area contributed by atoms with Gasteiger partial charge >= 0.3 is 5.97 Å². The molecule has 6 heteroatoms. The summed E-state index contributed by atoms with van der Waals surface area (Å²) in [5.41, 5.74) is 2.52. The number of allylic oxidation sites excluding steroid dienone is 1. The van der Waals surface area contributed by atoms with Gasteiger partial charge in [-0.2, -0.15) is 0 Å².